The summed E-state index contributed by atoms with van der Waals surface area (Å²) in [5, 5.41) is 2.62. The second-order valence-electron chi connectivity index (χ2n) is 4.01. The van der Waals surface area contributed by atoms with Crippen molar-refractivity contribution in [3.8, 4) is 0 Å². The summed E-state index contributed by atoms with van der Waals surface area (Å²) in [7, 11) is 1.63. The van der Waals surface area contributed by atoms with Crippen molar-refractivity contribution in [1.29, 1.82) is 0 Å². The van der Waals surface area contributed by atoms with E-state index in [1.54, 1.807) is 24.1 Å². The molecule has 0 bridgehead atoms. The molecule has 1 fully saturated rings. The van der Waals surface area contributed by atoms with Crippen LogP contribution < -0.4 is 10.2 Å². The van der Waals surface area contributed by atoms with E-state index in [1.807, 2.05) is 0 Å². The molecule has 0 aromatic heterocycles. The fourth-order valence-electron chi connectivity index (χ4n) is 1.98. The molecular formula is C12H16FN3O. The van der Waals surface area contributed by atoms with Crippen LogP contribution in [0.1, 0.15) is 0 Å². The van der Waals surface area contributed by atoms with Gasteiger partial charge in [-0.3, -0.25) is 0 Å². The summed E-state index contributed by atoms with van der Waals surface area (Å²) in [6.07, 6.45) is 0. The average molecular weight is 237 g/mol. The van der Waals surface area contributed by atoms with Crippen LogP contribution in [0.2, 0.25) is 0 Å². The lowest BCUT2D eigenvalue weighted by Crippen LogP contribution is -2.51. The first-order chi connectivity index (χ1) is 8.20. The normalized spacial score (nSPS) is 15.9. The number of rotatable bonds is 1. The van der Waals surface area contributed by atoms with Crippen molar-refractivity contribution < 1.29 is 9.18 Å². The maximum Gasteiger partial charge on any atom is 0.317 e. The fraction of sp³-hybridized carbons (Fsp3) is 0.417. The Labute approximate surface area is 100 Å². The van der Waals surface area contributed by atoms with Crippen LogP contribution in [-0.2, 0) is 0 Å². The van der Waals surface area contributed by atoms with E-state index in [-0.39, 0.29) is 11.8 Å². The molecule has 1 N–H and O–H groups in total. The molecule has 0 aliphatic carbocycles. The number of hydrogen-bond donors (Lipinski definition) is 1. The minimum absolute atomic E-state index is 0.0382. The Bertz CT molecular complexity index is 385. The van der Waals surface area contributed by atoms with Crippen molar-refractivity contribution in [2.45, 2.75) is 0 Å². The smallest absolute Gasteiger partial charge is 0.317 e. The number of benzene rings is 1. The van der Waals surface area contributed by atoms with Crippen LogP contribution in [0.4, 0.5) is 14.9 Å². The van der Waals surface area contributed by atoms with Crippen molar-refractivity contribution in [3.63, 3.8) is 0 Å². The van der Waals surface area contributed by atoms with Crippen LogP contribution in [0.25, 0.3) is 0 Å². The Balaban J connectivity index is 1.95. The van der Waals surface area contributed by atoms with Gasteiger partial charge in [-0.15, -0.1) is 0 Å². The number of anilines is 1. The fourth-order valence-corrected chi connectivity index (χ4v) is 1.98. The van der Waals surface area contributed by atoms with Crippen molar-refractivity contribution in [3.05, 3.63) is 30.1 Å². The van der Waals surface area contributed by atoms with Crippen LogP contribution in [0.3, 0.4) is 0 Å². The maximum atomic E-state index is 12.8. The first-order valence-electron chi connectivity index (χ1n) is 5.68. The average Bonchev–Trinajstić information content (AvgIpc) is 2.39. The molecule has 0 spiro atoms. The molecule has 0 unspecified atom stereocenters. The molecule has 2 amide bonds. The van der Waals surface area contributed by atoms with Gasteiger partial charge in [-0.1, -0.05) is 0 Å². The molecule has 1 heterocycles. The predicted molar refractivity (Wildman–Crippen MR) is 64.6 cm³/mol. The van der Waals surface area contributed by atoms with Crippen LogP contribution in [0.5, 0.6) is 0 Å². The molecule has 92 valence electrons. The zero-order valence-corrected chi connectivity index (χ0v) is 9.82. The van der Waals surface area contributed by atoms with Crippen molar-refractivity contribution >= 4 is 11.7 Å². The molecule has 4 nitrogen and oxygen atoms in total. The van der Waals surface area contributed by atoms with Gasteiger partial charge in [0.2, 0.25) is 0 Å². The summed E-state index contributed by atoms with van der Waals surface area (Å²) in [4.78, 5) is 15.3. The second kappa shape index (κ2) is 5.03. The third-order valence-corrected chi connectivity index (χ3v) is 2.97. The first kappa shape index (κ1) is 11.7. The van der Waals surface area contributed by atoms with E-state index >= 15 is 0 Å². The van der Waals surface area contributed by atoms with Gasteiger partial charge in [0.1, 0.15) is 5.82 Å². The molecule has 1 aromatic rings. The zero-order valence-electron chi connectivity index (χ0n) is 9.82. The number of amides is 2. The standard InChI is InChI=1S/C12H16FN3O/c1-14-12(17)16-8-6-15(7-9-16)11-4-2-10(13)3-5-11/h2-5H,6-9H2,1H3,(H,14,17). The second-order valence-corrected chi connectivity index (χ2v) is 4.01. The Kier molecular flexibility index (Phi) is 3.46. The van der Waals surface area contributed by atoms with Gasteiger partial charge in [0, 0.05) is 38.9 Å². The Morgan fingerprint density at radius 2 is 1.76 bits per heavy atom. The van der Waals surface area contributed by atoms with Gasteiger partial charge in [0.05, 0.1) is 0 Å². The summed E-state index contributed by atoms with van der Waals surface area (Å²) in [5.41, 5.74) is 1.00. The minimum atomic E-state index is -0.224. The van der Waals surface area contributed by atoms with E-state index in [0.29, 0.717) is 13.1 Å². The number of nitrogens with one attached hydrogen (secondary N) is 1. The number of nitrogens with zero attached hydrogens (tertiary/aromatic N) is 2. The zero-order chi connectivity index (χ0) is 12.3. The topological polar surface area (TPSA) is 35.6 Å². The molecule has 5 heteroatoms. The van der Waals surface area contributed by atoms with E-state index in [0.717, 1.165) is 18.8 Å². The van der Waals surface area contributed by atoms with Gasteiger partial charge in [0.15, 0.2) is 0 Å². The predicted octanol–water partition coefficient (Wildman–Crippen LogP) is 1.29. The van der Waals surface area contributed by atoms with Crippen molar-refractivity contribution in [2.24, 2.45) is 0 Å². The van der Waals surface area contributed by atoms with E-state index < -0.39 is 0 Å². The molecule has 1 aliphatic rings. The van der Waals surface area contributed by atoms with E-state index in [2.05, 4.69) is 10.2 Å². The quantitative estimate of drug-likeness (QED) is 0.798. The van der Waals surface area contributed by atoms with Gasteiger partial charge in [-0.05, 0) is 24.3 Å². The Morgan fingerprint density at radius 3 is 2.29 bits per heavy atom. The van der Waals surface area contributed by atoms with Gasteiger partial charge in [0.25, 0.3) is 0 Å². The summed E-state index contributed by atoms with van der Waals surface area (Å²) >= 11 is 0. The summed E-state index contributed by atoms with van der Waals surface area (Å²) < 4.78 is 12.8. The summed E-state index contributed by atoms with van der Waals surface area (Å²) in [6, 6.07) is 6.42. The first-order valence-corrected chi connectivity index (χ1v) is 5.68. The van der Waals surface area contributed by atoms with Crippen molar-refractivity contribution in [1.82, 2.24) is 10.2 Å². The number of carbonyl (C=O) groups excluding carboxylic acids is 1. The van der Waals surface area contributed by atoms with Crippen LogP contribution in [-0.4, -0.2) is 44.2 Å². The van der Waals surface area contributed by atoms with E-state index in [9.17, 15) is 9.18 Å². The summed E-state index contributed by atoms with van der Waals surface area (Å²) in [5.74, 6) is -0.224. The van der Waals surface area contributed by atoms with E-state index in [1.165, 1.54) is 12.1 Å². The molecule has 0 radical (unpaired) electrons. The molecular weight excluding hydrogens is 221 g/mol. The highest BCUT2D eigenvalue weighted by molar-refractivity contribution is 5.74. The molecule has 1 aromatic carbocycles. The molecule has 1 aliphatic heterocycles. The number of hydrogen-bond acceptors (Lipinski definition) is 2. The molecule has 0 saturated carbocycles. The van der Waals surface area contributed by atoms with Gasteiger partial charge in [-0.2, -0.15) is 0 Å². The van der Waals surface area contributed by atoms with Gasteiger partial charge < -0.3 is 15.1 Å². The maximum absolute atomic E-state index is 12.8. The van der Waals surface area contributed by atoms with Crippen LogP contribution >= 0.6 is 0 Å². The third-order valence-electron chi connectivity index (χ3n) is 2.97. The highest BCUT2D eigenvalue weighted by Gasteiger charge is 2.20. The number of piperazine rings is 1. The molecule has 1 saturated heterocycles. The highest BCUT2D eigenvalue weighted by atomic mass is 19.1. The largest absolute Gasteiger partial charge is 0.368 e. The lowest BCUT2D eigenvalue weighted by Gasteiger charge is -2.35. The summed E-state index contributed by atoms with van der Waals surface area (Å²) in [6.45, 7) is 2.94. The monoisotopic (exact) mass is 237 g/mol. The van der Waals surface area contributed by atoms with Crippen LogP contribution in [0, 0.1) is 5.82 Å². The molecule has 0 atom stereocenters. The lowest BCUT2D eigenvalue weighted by molar-refractivity contribution is 0.196. The van der Waals surface area contributed by atoms with Gasteiger partial charge in [-0.25, -0.2) is 9.18 Å². The van der Waals surface area contributed by atoms with Gasteiger partial charge >= 0.3 is 6.03 Å². The highest BCUT2D eigenvalue weighted by Crippen LogP contribution is 2.16. The van der Waals surface area contributed by atoms with Crippen LogP contribution in [0.15, 0.2) is 24.3 Å². The Morgan fingerprint density at radius 1 is 1.18 bits per heavy atom. The van der Waals surface area contributed by atoms with E-state index in [4.69, 9.17) is 0 Å². The van der Waals surface area contributed by atoms with Crippen molar-refractivity contribution in [2.75, 3.05) is 38.1 Å². The molecule has 2 rings (SSSR count). The lowest BCUT2D eigenvalue weighted by atomic mass is 10.2. The number of halogens is 1. The SMILES string of the molecule is CNC(=O)N1CCN(c2ccc(F)cc2)CC1. The number of carbonyl (C=O) groups is 1. The third kappa shape index (κ3) is 2.67. The Hall–Kier alpha value is -1.78. The molecule has 17 heavy (non-hydrogen) atoms. The number of urea groups is 1. The minimum Gasteiger partial charge on any atom is -0.368 e.